The molecule has 1 aromatic carbocycles. The van der Waals surface area contributed by atoms with E-state index in [1.807, 2.05) is 18.2 Å². The summed E-state index contributed by atoms with van der Waals surface area (Å²) in [6.07, 6.45) is 6.00. The first kappa shape index (κ1) is 23.5. The van der Waals surface area contributed by atoms with Gasteiger partial charge in [-0.25, -0.2) is 15.0 Å². The van der Waals surface area contributed by atoms with Crippen LogP contribution in [0.15, 0.2) is 30.5 Å². The standard InChI is InChI=1S/C27H33N7/c1-4-16(3)19-10-11-22(29)21(14-28)25(19)17-8-9-20-23(13-17)33-24(5-2)34-27(20)32-15-18-7-6-12-31-26(18)30/h6-7,10-12,16-17H,4-5,8-9,13,15,29H2,1-3H3,(H2,30,31)(H,32,33,34)/t16-,17?/m0/s1. The molecule has 0 saturated heterocycles. The molecule has 2 heterocycles. The van der Waals surface area contributed by atoms with Gasteiger partial charge in [0, 0.05) is 36.0 Å². The number of nitrogen functional groups attached to an aromatic ring is 2. The molecule has 0 saturated carbocycles. The van der Waals surface area contributed by atoms with Gasteiger partial charge in [-0.15, -0.1) is 0 Å². The van der Waals surface area contributed by atoms with Crippen molar-refractivity contribution in [3.05, 3.63) is 69.8 Å². The highest BCUT2D eigenvalue weighted by Crippen LogP contribution is 2.41. The number of nitrogens with one attached hydrogen (secondary N) is 1. The van der Waals surface area contributed by atoms with Crippen molar-refractivity contribution in [2.45, 2.75) is 71.3 Å². The lowest BCUT2D eigenvalue weighted by Crippen LogP contribution is -2.21. The van der Waals surface area contributed by atoms with Crippen molar-refractivity contribution in [3.63, 3.8) is 0 Å². The minimum atomic E-state index is 0.205. The smallest absolute Gasteiger partial charge is 0.133 e. The molecule has 34 heavy (non-hydrogen) atoms. The number of rotatable bonds is 7. The Morgan fingerprint density at radius 2 is 2.03 bits per heavy atom. The average molecular weight is 456 g/mol. The molecule has 1 aliphatic carbocycles. The number of hydrogen-bond donors (Lipinski definition) is 3. The number of anilines is 3. The maximum atomic E-state index is 9.95. The van der Waals surface area contributed by atoms with Gasteiger partial charge >= 0.3 is 0 Å². The van der Waals surface area contributed by atoms with E-state index >= 15 is 0 Å². The molecule has 2 aromatic heterocycles. The first-order valence-electron chi connectivity index (χ1n) is 12.1. The number of nitrogens with zero attached hydrogens (tertiary/aromatic N) is 4. The normalized spacial score (nSPS) is 15.9. The maximum absolute atomic E-state index is 9.95. The predicted octanol–water partition coefficient (Wildman–Crippen LogP) is 4.87. The van der Waals surface area contributed by atoms with Crippen LogP contribution >= 0.6 is 0 Å². The fourth-order valence-electron chi connectivity index (χ4n) is 4.86. The molecule has 3 aromatic rings. The molecule has 4 rings (SSSR count). The number of aryl methyl sites for hydroxylation is 1. The summed E-state index contributed by atoms with van der Waals surface area (Å²) in [5.74, 6) is 2.78. The van der Waals surface area contributed by atoms with E-state index in [9.17, 15) is 5.26 Å². The van der Waals surface area contributed by atoms with Gasteiger partial charge in [-0.2, -0.15) is 5.26 Å². The second-order valence-corrected chi connectivity index (χ2v) is 9.06. The summed E-state index contributed by atoms with van der Waals surface area (Å²) in [5.41, 5.74) is 19.0. The summed E-state index contributed by atoms with van der Waals surface area (Å²) in [6, 6.07) is 10.2. The average Bonchev–Trinajstić information content (AvgIpc) is 2.86. The molecule has 0 spiro atoms. The Labute approximate surface area is 201 Å². The number of benzene rings is 1. The van der Waals surface area contributed by atoms with Crippen molar-refractivity contribution < 1.29 is 0 Å². The molecule has 7 nitrogen and oxygen atoms in total. The van der Waals surface area contributed by atoms with Crippen LogP contribution in [-0.4, -0.2) is 15.0 Å². The second kappa shape index (κ2) is 10.1. The third kappa shape index (κ3) is 4.54. The van der Waals surface area contributed by atoms with Gasteiger partial charge in [0.1, 0.15) is 23.5 Å². The zero-order chi connectivity index (χ0) is 24.2. The highest BCUT2D eigenvalue weighted by Gasteiger charge is 2.29. The molecule has 0 aliphatic heterocycles. The van der Waals surface area contributed by atoms with Crippen molar-refractivity contribution in [2.75, 3.05) is 16.8 Å². The van der Waals surface area contributed by atoms with Crippen LogP contribution in [0.2, 0.25) is 0 Å². The van der Waals surface area contributed by atoms with Crippen LogP contribution in [0, 0.1) is 11.3 Å². The molecule has 1 unspecified atom stereocenters. The van der Waals surface area contributed by atoms with E-state index < -0.39 is 0 Å². The fourth-order valence-corrected chi connectivity index (χ4v) is 4.86. The molecular weight excluding hydrogens is 422 g/mol. The summed E-state index contributed by atoms with van der Waals surface area (Å²) in [4.78, 5) is 13.9. The first-order chi connectivity index (χ1) is 16.5. The molecule has 7 heteroatoms. The lowest BCUT2D eigenvalue weighted by atomic mass is 9.76. The number of nitrogens with two attached hydrogens (primary N) is 2. The first-order valence-corrected chi connectivity index (χ1v) is 12.1. The van der Waals surface area contributed by atoms with Gasteiger partial charge in [0.15, 0.2) is 0 Å². The van der Waals surface area contributed by atoms with Crippen LogP contribution in [0.4, 0.5) is 17.3 Å². The molecule has 5 N–H and O–H groups in total. The fraction of sp³-hybridized carbons (Fsp3) is 0.407. The Morgan fingerprint density at radius 3 is 2.74 bits per heavy atom. The number of nitriles is 1. The summed E-state index contributed by atoms with van der Waals surface area (Å²) in [6.45, 7) is 7.02. The van der Waals surface area contributed by atoms with E-state index in [2.05, 4.69) is 43.2 Å². The van der Waals surface area contributed by atoms with E-state index in [1.54, 1.807) is 6.20 Å². The van der Waals surface area contributed by atoms with Crippen LogP contribution in [0.1, 0.15) is 84.8 Å². The van der Waals surface area contributed by atoms with E-state index in [0.29, 0.717) is 29.5 Å². The van der Waals surface area contributed by atoms with Gasteiger partial charge in [0.05, 0.1) is 11.3 Å². The Bertz CT molecular complexity index is 1230. The molecule has 0 fully saturated rings. The minimum absolute atomic E-state index is 0.205. The van der Waals surface area contributed by atoms with Gasteiger partial charge in [-0.3, -0.25) is 0 Å². The Kier molecular flexibility index (Phi) is 6.97. The summed E-state index contributed by atoms with van der Waals surface area (Å²) in [7, 11) is 0. The van der Waals surface area contributed by atoms with Crippen LogP contribution in [0.3, 0.4) is 0 Å². The summed E-state index contributed by atoms with van der Waals surface area (Å²) in [5, 5.41) is 13.4. The van der Waals surface area contributed by atoms with E-state index in [4.69, 9.17) is 21.4 Å². The SMILES string of the molecule is CCc1nc2c(c(NCc3cccnc3N)n1)CCC(c1c([C@@H](C)CC)ccc(N)c1C#N)C2. The maximum Gasteiger partial charge on any atom is 0.133 e. The highest BCUT2D eigenvalue weighted by molar-refractivity contribution is 5.62. The second-order valence-electron chi connectivity index (χ2n) is 9.06. The van der Waals surface area contributed by atoms with Crippen molar-refractivity contribution in [1.82, 2.24) is 15.0 Å². The lowest BCUT2D eigenvalue weighted by molar-refractivity contribution is 0.556. The van der Waals surface area contributed by atoms with E-state index in [1.165, 1.54) is 5.56 Å². The van der Waals surface area contributed by atoms with Crippen LogP contribution in [-0.2, 0) is 25.8 Å². The van der Waals surface area contributed by atoms with Crippen molar-refractivity contribution in [2.24, 2.45) is 0 Å². The van der Waals surface area contributed by atoms with Crippen LogP contribution < -0.4 is 16.8 Å². The topological polar surface area (TPSA) is 127 Å². The zero-order valence-electron chi connectivity index (χ0n) is 20.2. The molecule has 0 amide bonds. The lowest BCUT2D eigenvalue weighted by Gasteiger charge is -2.30. The zero-order valence-corrected chi connectivity index (χ0v) is 20.2. The Balaban J connectivity index is 1.70. The summed E-state index contributed by atoms with van der Waals surface area (Å²) >= 11 is 0. The molecule has 1 aliphatic rings. The molecule has 2 atom stereocenters. The highest BCUT2D eigenvalue weighted by atomic mass is 15.0. The monoisotopic (exact) mass is 455 g/mol. The van der Waals surface area contributed by atoms with E-state index in [-0.39, 0.29) is 5.92 Å². The third-order valence-corrected chi connectivity index (χ3v) is 6.99. The van der Waals surface area contributed by atoms with Crippen LogP contribution in [0.25, 0.3) is 0 Å². The number of hydrogen-bond acceptors (Lipinski definition) is 7. The van der Waals surface area contributed by atoms with Crippen LogP contribution in [0.5, 0.6) is 0 Å². The third-order valence-electron chi connectivity index (χ3n) is 6.99. The number of pyridine rings is 1. The van der Waals surface area contributed by atoms with E-state index in [0.717, 1.165) is 66.1 Å². The molecule has 176 valence electrons. The molecule has 0 bridgehead atoms. The summed E-state index contributed by atoms with van der Waals surface area (Å²) < 4.78 is 0. The quantitative estimate of drug-likeness (QED) is 0.434. The number of fused-ring (bicyclic) bond motifs is 1. The minimum Gasteiger partial charge on any atom is -0.398 e. The van der Waals surface area contributed by atoms with Gasteiger partial charge in [0.25, 0.3) is 0 Å². The van der Waals surface area contributed by atoms with Crippen molar-refractivity contribution in [1.29, 1.82) is 5.26 Å². The molecular formula is C27H33N7. The van der Waals surface area contributed by atoms with Gasteiger partial charge in [0.2, 0.25) is 0 Å². The van der Waals surface area contributed by atoms with Crippen molar-refractivity contribution in [3.8, 4) is 6.07 Å². The Hall–Kier alpha value is -3.66. The largest absolute Gasteiger partial charge is 0.398 e. The van der Waals surface area contributed by atoms with Gasteiger partial charge < -0.3 is 16.8 Å². The van der Waals surface area contributed by atoms with Gasteiger partial charge in [-0.1, -0.05) is 32.9 Å². The predicted molar refractivity (Wildman–Crippen MR) is 136 cm³/mol. The van der Waals surface area contributed by atoms with Gasteiger partial charge in [-0.05, 0) is 60.8 Å². The molecule has 0 radical (unpaired) electrons. The van der Waals surface area contributed by atoms with Crippen molar-refractivity contribution >= 4 is 17.3 Å². The number of aromatic nitrogens is 3. The Morgan fingerprint density at radius 1 is 1.21 bits per heavy atom.